The summed E-state index contributed by atoms with van der Waals surface area (Å²) in [6, 6.07) is 4.23. The Morgan fingerprint density at radius 3 is 2.42 bits per heavy atom. The lowest BCUT2D eigenvalue weighted by Gasteiger charge is -2.34. The van der Waals surface area contributed by atoms with Gasteiger partial charge in [-0.25, -0.2) is 9.59 Å². The Labute approximate surface area is 221 Å². The number of hydrogen-bond acceptors (Lipinski definition) is 9. The SMILES string of the molecule is CCCCCC(=O)Cc1cc(OC)cc2c1C(=O)Oc1cc(O)c3c(c1O2)CC(O)(CCCCC)OC3=O. The molecule has 4 rings (SSSR count). The van der Waals surface area contributed by atoms with Crippen molar-refractivity contribution in [2.75, 3.05) is 7.11 Å². The standard InChI is InChI=1S/C29H34O9/c1-4-6-8-10-18(30)12-17-13-19(35-3)14-22-24(17)27(32)37-23-15-21(31)25-20(26(23)36-22)16-29(34,38-28(25)33)11-9-7-5-2/h13-15,31,34H,4-12,16H2,1-3H3. The number of aliphatic hydroxyl groups is 1. The predicted molar refractivity (Wildman–Crippen MR) is 137 cm³/mol. The minimum atomic E-state index is -1.80. The van der Waals surface area contributed by atoms with Gasteiger partial charge in [-0.2, -0.15) is 0 Å². The van der Waals surface area contributed by atoms with Gasteiger partial charge < -0.3 is 29.2 Å². The van der Waals surface area contributed by atoms with Crippen molar-refractivity contribution >= 4 is 17.7 Å². The molecule has 9 nitrogen and oxygen atoms in total. The van der Waals surface area contributed by atoms with E-state index in [-0.39, 0.29) is 59.0 Å². The predicted octanol–water partition coefficient (Wildman–Crippen LogP) is 5.40. The molecule has 2 heterocycles. The van der Waals surface area contributed by atoms with Crippen LogP contribution in [-0.4, -0.2) is 40.8 Å². The molecule has 204 valence electrons. The highest BCUT2D eigenvalue weighted by molar-refractivity contribution is 6.01. The molecule has 9 heteroatoms. The molecule has 0 radical (unpaired) electrons. The number of phenolic OH excluding ortho intramolecular Hbond substituents is 1. The number of cyclic esters (lactones) is 1. The molecule has 1 atom stereocenters. The number of fused-ring (bicyclic) bond motifs is 4. The fourth-order valence-electron chi connectivity index (χ4n) is 4.94. The zero-order valence-corrected chi connectivity index (χ0v) is 22.1. The number of hydrogen-bond donors (Lipinski definition) is 2. The molecule has 2 N–H and O–H groups in total. The van der Waals surface area contributed by atoms with Crippen LogP contribution in [-0.2, 0) is 22.4 Å². The monoisotopic (exact) mass is 526 g/mol. The maximum absolute atomic E-state index is 13.3. The molecule has 0 saturated heterocycles. The Kier molecular flexibility index (Phi) is 8.26. The Morgan fingerprint density at radius 2 is 1.71 bits per heavy atom. The average Bonchev–Trinajstić information content (AvgIpc) is 2.99. The molecule has 0 aromatic heterocycles. The van der Waals surface area contributed by atoms with E-state index in [2.05, 4.69) is 6.92 Å². The van der Waals surface area contributed by atoms with Gasteiger partial charge in [0, 0.05) is 43.4 Å². The van der Waals surface area contributed by atoms with E-state index in [4.69, 9.17) is 18.9 Å². The highest BCUT2D eigenvalue weighted by Crippen LogP contribution is 2.49. The van der Waals surface area contributed by atoms with Gasteiger partial charge in [-0.1, -0.05) is 39.5 Å². The second kappa shape index (κ2) is 11.4. The molecule has 2 aromatic carbocycles. The highest BCUT2D eigenvalue weighted by atomic mass is 16.7. The van der Waals surface area contributed by atoms with Crippen molar-refractivity contribution in [3.8, 4) is 28.7 Å². The highest BCUT2D eigenvalue weighted by Gasteiger charge is 2.43. The zero-order valence-electron chi connectivity index (χ0n) is 22.1. The zero-order chi connectivity index (χ0) is 27.4. The molecule has 2 aliphatic rings. The van der Waals surface area contributed by atoms with Gasteiger partial charge in [0.15, 0.2) is 11.5 Å². The first-order valence-electron chi connectivity index (χ1n) is 13.2. The number of rotatable bonds is 11. The van der Waals surface area contributed by atoms with E-state index in [0.29, 0.717) is 24.2 Å². The number of aromatic hydroxyl groups is 1. The van der Waals surface area contributed by atoms with Gasteiger partial charge in [0.25, 0.3) is 0 Å². The van der Waals surface area contributed by atoms with E-state index in [0.717, 1.165) is 38.2 Å². The van der Waals surface area contributed by atoms with Gasteiger partial charge in [-0.15, -0.1) is 0 Å². The summed E-state index contributed by atoms with van der Waals surface area (Å²) in [5.74, 6) is -3.57. The summed E-state index contributed by atoms with van der Waals surface area (Å²) in [6.07, 6.45) is 5.48. The van der Waals surface area contributed by atoms with Crippen molar-refractivity contribution in [3.63, 3.8) is 0 Å². The molecule has 2 aromatic rings. The Bertz CT molecular complexity index is 1250. The largest absolute Gasteiger partial charge is 0.507 e. The summed E-state index contributed by atoms with van der Waals surface area (Å²) in [6.45, 7) is 4.07. The number of ether oxygens (including phenoxy) is 4. The summed E-state index contributed by atoms with van der Waals surface area (Å²) in [7, 11) is 1.46. The van der Waals surface area contributed by atoms with Crippen molar-refractivity contribution in [1.29, 1.82) is 0 Å². The van der Waals surface area contributed by atoms with Crippen molar-refractivity contribution in [2.45, 2.75) is 83.8 Å². The smallest absolute Gasteiger partial charge is 0.347 e. The normalized spacial score (nSPS) is 17.8. The minimum Gasteiger partial charge on any atom is -0.507 e. The number of carbonyl (C=O) groups excluding carboxylic acids is 3. The second-order valence-electron chi connectivity index (χ2n) is 9.87. The molecule has 0 fully saturated rings. The van der Waals surface area contributed by atoms with Gasteiger partial charge in [0.2, 0.25) is 5.79 Å². The molecule has 0 amide bonds. The molecule has 0 bridgehead atoms. The molecule has 0 spiro atoms. The van der Waals surface area contributed by atoms with E-state index in [1.807, 2.05) is 6.92 Å². The molecular formula is C29H34O9. The third-order valence-corrected chi connectivity index (χ3v) is 6.89. The fraction of sp³-hybridized carbons (Fsp3) is 0.483. The first kappa shape index (κ1) is 27.4. The van der Waals surface area contributed by atoms with E-state index in [1.165, 1.54) is 13.2 Å². The van der Waals surface area contributed by atoms with Crippen LogP contribution < -0.4 is 14.2 Å². The van der Waals surface area contributed by atoms with Crippen LogP contribution in [0.5, 0.6) is 28.7 Å². The van der Waals surface area contributed by atoms with Gasteiger partial charge in [-0.3, -0.25) is 4.79 Å². The Hall–Kier alpha value is -3.59. The summed E-state index contributed by atoms with van der Waals surface area (Å²) in [4.78, 5) is 38.8. The number of ketones is 1. The lowest BCUT2D eigenvalue weighted by atomic mass is 9.91. The lowest BCUT2D eigenvalue weighted by molar-refractivity contribution is -0.174. The fourth-order valence-corrected chi connectivity index (χ4v) is 4.94. The van der Waals surface area contributed by atoms with Crippen molar-refractivity contribution in [2.24, 2.45) is 0 Å². The average molecular weight is 527 g/mol. The molecule has 38 heavy (non-hydrogen) atoms. The van der Waals surface area contributed by atoms with Crippen LogP contribution in [0.15, 0.2) is 18.2 Å². The van der Waals surface area contributed by atoms with Gasteiger partial charge >= 0.3 is 11.9 Å². The minimum absolute atomic E-state index is 0.00901. The van der Waals surface area contributed by atoms with E-state index in [1.54, 1.807) is 6.07 Å². The van der Waals surface area contributed by atoms with Crippen LogP contribution in [0.3, 0.4) is 0 Å². The maximum Gasteiger partial charge on any atom is 0.347 e. The third-order valence-electron chi connectivity index (χ3n) is 6.89. The molecule has 0 aliphatic carbocycles. The van der Waals surface area contributed by atoms with E-state index in [9.17, 15) is 24.6 Å². The van der Waals surface area contributed by atoms with Crippen LogP contribution in [0.2, 0.25) is 0 Å². The number of unbranched alkanes of at least 4 members (excludes halogenated alkanes) is 4. The quantitative estimate of drug-likeness (QED) is 0.225. The number of esters is 2. The van der Waals surface area contributed by atoms with E-state index >= 15 is 0 Å². The van der Waals surface area contributed by atoms with Gasteiger partial charge in [0.1, 0.15) is 34.2 Å². The number of carbonyl (C=O) groups is 3. The van der Waals surface area contributed by atoms with Crippen LogP contribution in [0.4, 0.5) is 0 Å². The Morgan fingerprint density at radius 1 is 0.974 bits per heavy atom. The second-order valence-corrected chi connectivity index (χ2v) is 9.87. The van der Waals surface area contributed by atoms with Gasteiger partial charge in [-0.05, 0) is 24.5 Å². The van der Waals surface area contributed by atoms with Crippen LogP contribution in [0.1, 0.15) is 97.1 Å². The number of benzene rings is 2. The lowest BCUT2D eigenvalue weighted by Crippen LogP contribution is -2.41. The summed E-state index contributed by atoms with van der Waals surface area (Å²) in [5, 5.41) is 21.7. The topological polar surface area (TPSA) is 129 Å². The number of Topliss-reactive ketones (excluding diaryl/α,β-unsaturated/α-hetero) is 1. The summed E-state index contributed by atoms with van der Waals surface area (Å²) in [5.41, 5.74) is 0.483. The van der Waals surface area contributed by atoms with Crippen molar-refractivity contribution in [1.82, 2.24) is 0 Å². The maximum atomic E-state index is 13.3. The van der Waals surface area contributed by atoms with Gasteiger partial charge in [0.05, 0.1) is 7.11 Å². The first-order valence-corrected chi connectivity index (χ1v) is 13.2. The molecular weight excluding hydrogens is 492 g/mol. The third kappa shape index (κ3) is 5.62. The summed E-state index contributed by atoms with van der Waals surface area (Å²) < 4.78 is 22.5. The molecule has 1 unspecified atom stereocenters. The number of phenols is 1. The molecule has 2 aliphatic heterocycles. The molecule has 0 saturated carbocycles. The van der Waals surface area contributed by atoms with Crippen LogP contribution >= 0.6 is 0 Å². The van der Waals surface area contributed by atoms with Crippen LogP contribution in [0.25, 0.3) is 0 Å². The van der Waals surface area contributed by atoms with Crippen molar-refractivity contribution in [3.05, 3.63) is 40.5 Å². The van der Waals surface area contributed by atoms with Crippen LogP contribution in [0, 0.1) is 0 Å². The Balaban J connectivity index is 1.76. The van der Waals surface area contributed by atoms with Crippen molar-refractivity contribution < 1.29 is 43.5 Å². The van der Waals surface area contributed by atoms with E-state index < -0.39 is 23.5 Å². The first-order chi connectivity index (χ1) is 18.2. The number of methoxy groups -OCH3 is 1. The summed E-state index contributed by atoms with van der Waals surface area (Å²) >= 11 is 0.